The van der Waals surface area contributed by atoms with Gasteiger partial charge in [-0.2, -0.15) is 0 Å². The minimum atomic E-state index is -0.428. The summed E-state index contributed by atoms with van der Waals surface area (Å²) in [5.74, 6) is 0.528. The molecule has 0 radical (unpaired) electrons. The van der Waals surface area contributed by atoms with Crippen LogP contribution in [0.15, 0.2) is 46.3 Å². The predicted octanol–water partition coefficient (Wildman–Crippen LogP) is 2.68. The van der Waals surface area contributed by atoms with Gasteiger partial charge in [0.2, 0.25) is 5.75 Å². The van der Waals surface area contributed by atoms with E-state index < -0.39 is 5.97 Å². The van der Waals surface area contributed by atoms with Crippen molar-refractivity contribution < 1.29 is 23.7 Å². The number of carbonyl (C=O) groups is 1. The Morgan fingerprint density at radius 1 is 1.03 bits per heavy atom. The van der Waals surface area contributed by atoms with Gasteiger partial charge in [-0.05, 0) is 18.2 Å². The number of para-hydroxylation sites is 1. The first-order valence-corrected chi connectivity index (χ1v) is 9.55. The number of nitrogens with zero attached hydrogens (tertiary/aromatic N) is 2. The van der Waals surface area contributed by atoms with Gasteiger partial charge in [-0.15, -0.1) is 0 Å². The Balaban J connectivity index is 2.36. The predicted molar refractivity (Wildman–Crippen MR) is 110 cm³/mol. The van der Waals surface area contributed by atoms with E-state index in [2.05, 4.69) is 4.98 Å². The number of rotatable bonds is 7. The zero-order chi connectivity index (χ0) is 21.0. The maximum absolute atomic E-state index is 13.4. The molecule has 0 aliphatic rings. The number of carbonyl (C=O) groups excluding carboxylic acids is 1. The first-order valence-electron chi connectivity index (χ1n) is 8.56. The fourth-order valence-electron chi connectivity index (χ4n) is 2.85. The summed E-state index contributed by atoms with van der Waals surface area (Å²) in [6.45, 7) is 0. The monoisotopic (exact) mass is 416 g/mol. The van der Waals surface area contributed by atoms with E-state index >= 15 is 0 Å². The molecule has 0 atom stereocenters. The Morgan fingerprint density at radius 2 is 1.72 bits per heavy atom. The van der Waals surface area contributed by atoms with Crippen molar-refractivity contribution in [3.8, 4) is 22.9 Å². The first kappa shape index (κ1) is 20.5. The lowest BCUT2D eigenvalue weighted by atomic mass is 10.2. The molecule has 0 aliphatic heterocycles. The summed E-state index contributed by atoms with van der Waals surface area (Å²) in [5, 5.41) is 0.621. The lowest BCUT2D eigenvalue weighted by Crippen LogP contribution is -2.22. The summed E-state index contributed by atoms with van der Waals surface area (Å²) < 4.78 is 22.4. The molecule has 2 aromatic carbocycles. The first-order chi connectivity index (χ1) is 14.0. The van der Waals surface area contributed by atoms with Crippen LogP contribution in [0.1, 0.15) is 0 Å². The zero-order valence-electron chi connectivity index (χ0n) is 16.4. The number of benzene rings is 2. The number of methoxy groups -OCH3 is 4. The van der Waals surface area contributed by atoms with Gasteiger partial charge < -0.3 is 18.9 Å². The van der Waals surface area contributed by atoms with E-state index in [1.54, 1.807) is 18.2 Å². The molecule has 1 aromatic heterocycles. The van der Waals surface area contributed by atoms with Crippen molar-refractivity contribution in [1.29, 1.82) is 0 Å². The van der Waals surface area contributed by atoms with Gasteiger partial charge in [-0.3, -0.25) is 14.2 Å². The summed E-state index contributed by atoms with van der Waals surface area (Å²) in [6.07, 6.45) is 0. The van der Waals surface area contributed by atoms with Crippen molar-refractivity contribution in [3.05, 3.63) is 46.8 Å². The van der Waals surface area contributed by atoms with Crippen molar-refractivity contribution in [2.24, 2.45) is 0 Å². The minimum absolute atomic E-state index is 0.00309. The molecule has 0 aliphatic carbocycles. The van der Waals surface area contributed by atoms with Gasteiger partial charge in [-0.25, -0.2) is 4.98 Å². The number of thioether (sulfide) groups is 1. The van der Waals surface area contributed by atoms with Gasteiger partial charge in [0.25, 0.3) is 5.56 Å². The average molecular weight is 416 g/mol. The number of ether oxygens (including phenoxy) is 4. The smallest absolute Gasteiger partial charge is 0.316 e. The maximum Gasteiger partial charge on any atom is 0.316 e. The molecule has 3 rings (SSSR count). The number of hydrogen-bond donors (Lipinski definition) is 0. The van der Waals surface area contributed by atoms with Crippen molar-refractivity contribution in [2.75, 3.05) is 34.2 Å². The van der Waals surface area contributed by atoms with Gasteiger partial charge in [-0.1, -0.05) is 30.0 Å². The summed E-state index contributed by atoms with van der Waals surface area (Å²) in [5.41, 5.74) is 0.607. The van der Waals surface area contributed by atoms with Gasteiger partial charge in [0.05, 0.1) is 45.3 Å². The maximum atomic E-state index is 13.4. The highest BCUT2D eigenvalue weighted by atomic mass is 32.2. The van der Waals surface area contributed by atoms with Crippen LogP contribution in [0.5, 0.6) is 17.2 Å². The third-order valence-electron chi connectivity index (χ3n) is 4.20. The summed E-state index contributed by atoms with van der Waals surface area (Å²) in [7, 11) is 5.72. The number of hydrogen-bond acceptors (Lipinski definition) is 8. The Bertz CT molecular complexity index is 1100. The van der Waals surface area contributed by atoms with E-state index in [9.17, 15) is 9.59 Å². The molecule has 152 valence electrons. The SMILES string of the molecule is COC(=O)CSc1nc2c(OC)c(OC)c(OC)cc2c(=O)n1-c1ccccc1. The number of aromatic nitrogens is 2. The van der Waals surface area contributed by atoms with E-state index in [-0.39, 0.29) is 17.1 Å². The van der Waals surface area contributed by atoms with Crippen LogP contribution >= 0.6 is 11.8 Å². The van der Waals surface area contributed by atoms with E-state index in [4.69, 9.17) is 18.9 Å². The number of esters is 1. The molecular formula is C20H20N2O6S. The Labute approximate surface area is 171 Å². The second-order valence-corrected chi connectivity index (χ2v) is 6.72. The average Bonchev–Trinajstić information content (AvgIpc) is 2.76. The Morgan fingerprint density at radius 3 is 2.31 bits per heavy atom. The normalized spacial score (nSPS) is 10.6. The lowest BCUT2D eigenvalue weighted by Gasteiger charge is -2.17. The van der Waals surface area contributed by atoms with Crippen LogP contribution in [0.3, 0.4) is 0 Å². The molecule has 8 nitrogen and oxygen atoms in total. The zero-order valence-corrected chi connectivity index (χ0v) is 17.2. The quantitative estimate of drug-likeness (QED) is 0.330. The van der Waals surface area contributed by atoms with Crippen LogP contribution in [0.2, 0.25) is 0 Å². The second-order valence-electron chi connectivity index (χ2n) is 5.78. The van der Waals surface area contributed by atoms with Crippen molar-refractivity contribution in [1.82, 2.24) is 9.55 Å². The van der Waals surface area contributed by atoms with Crippen LogP contribution in [-0.2, 0) is 9.53 Å². The molecule has 0 spiro atoms. The Kier molecular flexibility index (Phi) is 6.28. The van der Waals surface area contributed by atoms with Crippen molar-refractivity contribution >= 4 is 28.6 Å². The van der Waals surface area contributed by atoms with Crippen molar-refractivity contribution in [2.45, 2.75) is 5.16 Å². The van der Waals surface area contributed by atoms with Crippen molar-refractivity contribution in [3.63, 3.8) is 0 Å². The van der Waals surface area contributed by atoms with E-state index in [1.165, 1.54) is 33.0 Å². The largest absolute Gasteiger partial charge is 0.493 e. The van der Waals surface area contributed by atoms with Gasteiger partial charge in [0, 0.05) is 0 Å². The van der Waals surface area contributed by atoms with Gasteiger partial charge in [0.15, 0.2) is 16.7 Å². The third kappa shape index (κ3) is 3.86. The molecule has 9 heteroatoms. The molecule has 0 saturated heterocycles. The highest BCUT2D eigenvalue weighted by Crippen LogP contribution is 2.42. The molecule has 0 amide bonds. The third-order valence-corrected chi connectivity index (χ3v) is 5.11. The fourth-order valence-corrected chi connectivity index (χ4v) is 3.69. The van der Waals surface area contributed by atoms with Crippen LogP contribution in [-0.4, -0.2) is 49.7 Å². The van der Waals surface area contributed by atoms with Crippen LogP contribution in [0.4, 0.5) is 0 Å². The van der Waals surface area contributed by atoms with Crippen LogP contribution in [0, 0.1) is 0 Å². The van der Waals surface area contributed by atoms with Gasteiger partial charge in [0.1, 0.15) is 5.52 Å². The second kappa shape index (κ2) is 8.87. The van der Waals surface area contributed by atoms with Crippen LogP contribution in [0.25, 0.3) is 16.6 Å². The molecule has 0 saturated carbocycles. The standard InChI is InChI=1S/C20H20N2O6S/c1-25-14-10-13-16(18(28-4)17(14)27-3)21-20(29-11-15(23)26-2)22(19(13)24)12-8-6-5-7-9-12/h5-10H,11H2,1-4H3. The van der Waals surface area contributed by atoms with Crippen LogP contribution < -0.4 is 19.8 Å². The van der Waals surface area contributed by atoms with E-state index in [0.29, 0.717) is 33.2 Å². The fraction of sp³-hybridized carbons (Fsp3) is 0.250. The number of fused-ring (bicyclic) bond motifs is 1. The van der Waals surface area contributed by atoms with E-state index in [0.717, 1.165) is 11.8 Å². The highest BCUT2D eigenvalue weighted by Gasteiger charge is 2.23. The molecule has 1 heterocycles. The van der Waals surface area contributed by atoms with E-state index in [1.807, 2.05) is 18.2 Å². The highest BCUT2D eigenvalue weighted by molar-refractivity contribution is 7.99. The molecular weight excluding hydrogens is 396 g/mol. The lowest BCUT2D eigenvalue weighted by molar-refractivity contribution is -0.137. The Hall–Kier alpha value is -3.20. The molecule has 3 aromatic rings. The molecule has 0 unspecified atom stereocenters. The molecule has 0 N–H and O–H groups in total. The summed E-state index contributed by atoms with van der Waals surface area (Å²) in [4.78, 5) is 29.7. The molecule has 29 heavy (non-hydrogen) atoms. The van der Waals surface area contributed by atoms with Gasteiger partial charge >= 0.3 is 5.97 Å². The summed E-state index contributed by atoms with van der Waals surface area (Å²) >= 11 is 1.10. The summed E-state index contributed by atoms with van der Waals surface area (Å²) in [6, 6.07) is 10.6. The minimum Gasteiger partial charge on any atom is -0.493 e. The topological polar surface area (TPSA) is 88.9 Å². The molecule has 0 fully saturated rings. The molecule has 0 bridgehead atoms.